The summed E-state index contributed by atoms with van der Waals surface area (Å²) in [6, 6.07) is 0. The highest BCUT2D eigenvalue weighted by atomic mass is 35.5. The van der Waals surface area contributed by atoms with Crippen molar-refractivity contribution in [3.05, 3.63) is 29.7 Å². The minimum absolute atomic E-state index is 0.511. The Morgan fingerprint density at radius 1 is 1.44 bits per heavy atom. The van der Waals surface area contributed by atoms with Gasteiger partial charge in [-0.25, -0.2) is 15.0 Å². The van der Waals surface area contributed by atoms with Crippen molar-refractivity contribution in [1.29, 1.82) is 0 Å². The molecule has 0 bridgehead atoms. The van der Waals surface area contributed by atoms with E-state index < -0.39 is 0 Å². The molecule has 0 aliphatic carbocycles. The molecule has 0 spiro atoms. The SMILES string of the molecule is Cn1cnc(CCNc2ncncc2Cl)n1. The average Bonchev–Trinajstić information content (AvgIpc) is 2.67. The molecule has 2 heterocycles. The maximum absolute atomic E-state index is 5.89. The van der Waals surface area contributed by atoms with E-state index in [4.69, 9.17) is 11.6 Å². The van der Waals surface area contributed by atoms with Gasteiger partial charge in [-0.05, 0) is 0 Å². The largest absolute Gasteiger partial charge is 0.368 e. The predicted molar refractivity (Wildman–Crippen MR) is 60.2 cm³/mol. The molecule has 1 N–H and O–H groups in total. The molecule has 0 atom stereocenters. The van der Waals surface area contributed by atoms with E-state index in [9.17, 15) is 0 Å². The first-order valence-electron chi connectivity index (χ1n) is 4.79. The van der Waals surface area contributed by atoms with Crippen LogP contribution >= 0.6 is 11.6 Å². The van der Waals surface area contributed by atoms with Gasteiger partial charge in [-0.15, -0.1) is 0 Å². The van der Waals surface area contributed by atoms with Gasteiger partial charge in [-0.3, -0.25) is 4.68 Å². The Bertz CT molecular complexity index is 469. The fourth-order valence-electron chi connectivity index (χ4n) is 1.23. The van der Waals surface area contributed by atoms with Crippen LogP contribution in [0.15, 0.2) is 18.9 Å². The van der Waals surface area contributed by atoms with Crippen LogP contribution in [0, 0.1) is 0 Å². The standard InChI is InChI=1S/C9H11ClN6/c1-16-6-14-8(15-16)2-3-12-9-7(10)4-11-5-13-9/h4-6H,2-3H2,1H3,(H,11,12,13). The van der Waals surface area contributed by atoms with E-state index in [1.54, 1.807) is 17.2 Å². The Hall–Kier alpha value is -1.69. The molecule has 16 heavy (non-hydrogen) atoms. The van der Waals surface area contributed by atoms with Crippen LogP contribution < -0.4 is 5.32 Å². The lowest BCUT2D eigenvalue weighted by Crippen LogP contribution is -2.08. The van der Waals surface area contributed by atoms with Gasteiger partial charge >= 0.3 is 0 Å². The number of aromatic nitrogens is 5. The van der Waals surface area contributed by atoms with Crippen molar-refractivity contribution in [1.82, 2.24) is 24.7 Å². The lowest BCUT2D eigenvalue weighted by molar-refractivity contribution is 0.741. The van der Waals surface area contributed by atoms with Crippen LogP contribution in [0.5, 0.6) is 0 Å². The predicted octanol–water partition coefficient (Wildman–Crippen LogP) is 0.913. The summed E-state index contributed by atoms with van der Waals surface area (Å²) in [6.07, 6.45) is 5.40. The van der Waals surface area contributed by atoms with Crippen molar-refractivity contribution < 1.29 is 0 Å². The van der Waals surface area contributed by atoms with Gasteiger partial charge in [0.25, 0.3) is 0 Å². The number of nitrogens with one attached hydrogen (secondary N) is 1. The number of hydrogen-bond donors (Lipinski definition) is 1. The molecule has 0 saturated heterocycles. The van der Waals surface area contributed by atoms with E-state index in [0.29, 0.717) is 17.4 Å². The third kappa shape index (κ3) is 2.66. The molecule has 0 unspecified atom stereocenters. The van der Waals surface area contributed by atoms with Gasteiger partial charge in [-0.2, -0.15) is 5.10 Å². The zero-order chi connectivity index (χ0) is 11.4. The van der Waals surface area contributed by atoms with E-state index in [2.05, 4.69) is 25.4 Å². The van der Waals surface area contributed by atoms with E-state index in [1.165, 1.54) is 6.33 Å². The maximum Gasteiger partial charge on any atom is 0.152 e. The van der Waals surface area contributed by atoms with Crippen LogP contribution in [-0.2, 0) is 13.5 Å². The number of nitrogens with zero attached hydrogens (tertiary/aromatic N) is 5. The van der Waals surface area contributed by atoms with Crippen molar-refractivity contribution >= 4 is 17.4 Å². The molecule has 2 rings (SSSR count). The quantitative estimate of drug-likeness (QED) is 0.858. The molecule has 6 nitrogen and oxygen atoms in total. The van der Waals surface area contributed by atoms with Gasteiger partial charge in [0.05, 0.1) is 6.20 Å². The van der Waals surface area contributed by atoms with Crippen molar-refractivity contribution in [2.24, 2.45) is 7.05 Å². The van der Waals surface area contributed by atoms with Gasteiger partial charge in [0, 0.05) is 20.0 Å². The highest BCUT2D eigenvalue weighted by molar-refractivity contribution is 6.32. The van der Waals surface area contributed by atoms with Gasteiger partial charge in [-0.1, -0.05) is 11.6 Å². The molecule has 0 aromatic carbocycles. The molecule has 0 fully saturated rings. The Balaban J connectivity index is 1.87. The minimum atomic E-state index is 0.511. The molecular weight excluding hydrogens is 228 g/mol. The summed E-state index contributed by atoms with van der Waals surface area (Å²) in [5.74, 6) is 1.42. The molecule has 0 aliphatic heterocycles. The van der Waals surface area contributed by atoms with Crippen LogP contribution in [0.4, 0.5) is 5.82 Å². The van der Waals surface area contributed by atoms with Gasteiger partial charge in [0.2, 0.25) is 0 Å². The average molecular weight is 239 g/mol. The first-order chi connectivity index (χ1) is 7.75. The summed E-state index contributed by atoms with van der Waals surface area (Å²) in [4.78, 5) is 11.9. The second-order valence-electron chi connectivity index (χ2n) is 3.23. The molecule has 0 amide bonds. The lowest BCUT2D eigenvalue weighted by atomic mass is 10.4. The molecule has 0 saturated carbocycles. The van der Waals surface area contributed by atoms with E-state index in [-0.39, 0.29) is 0 Å². The minimum Gasteiger partial charge on any atom is -0.368 e. The Morgan fingerprint density at radius 2 is 2.31 bits per heavy atom. The zero-order valence-corrected chi connectivity index (χ0v) is 9.52. The van der Waals surface area contributed by atoms with Crippen LogP contribution in [0.1, 0.15) is 5.82 Å². The molecule has 2 aromatic heterocycles. The summed E-state index contributed by atoms with van der Waals surface area (Å²) in [6.45, 7) is 0.681. The van der Waals surface area contributed by atoms with Crippen LogP contribution in [0.25, 0.3) is 0 Å². The van der Waals surface area contributed by atoms with E-state index >= 15 is 0 Å². The second kappa shape index (κ2) is 4.89. The monoisotopic (exact) mass is 238 g/mol. The Kier molecular flexibility index (Phi) is 3.31. The number of anilines is 1. The Morgan fingerprint density at radius 3 is 3.00 bits per heavy atom. The zero-order valence-electron chi connectivity index (χ0n) is 8.76. The fourth-order valence-corrected chi connectivity index (χ4v) is 1.41. The lowest BCUT2D eigenvalue weighted by Gasteiger charge is -2.04. The highest BCUT2D eigenvalue weighted by Crippen LogP contribution is 2.15. The first-order valence-corrected chi connectivity index (χ1v) is 5.17. The fraction of sp³-hybridized carbons (Fsp3) is 0.333. The van der Waals surface area contributed by atoms with Gasteiger partial charge in [0.15, 0.2) is 5.82 Å². The van der Waals surface area contributed by atoms with Crippen molar-refractivity contribution in [3.8, 4) is 0 Å². The van der Waals surface area contributed by atoms with Crippen LogP contribution in [0.3, 0.4) is 0 Å². The molecule has 84 valence electrons. The van der Waals surface area contributed by atoms with Gasteiger partial charge < -0.3 is 5.32 Å². The van der Waals surface area contributed by atoms with Crippen LogP contribution in [-0.4, -0.2) is 31.3 Å². The first kappa shape index (κ1) is 10.8. The summed E-state index contributed by atoms with van der Waals surface area (Å²) < 4.78 is 1.67. The molecule has 2 aromatic rings. The number of aryl methyl sites for hydroxylation is 1. The van der Waals surface area contributed by atoms with Crippen molar-refractivity contribution in [3.63, 3.8) is 0 Å². The third-order valence-corrected chi connectivity index (χ3v) is 2.23. The molecule has 0 radical (unpaired) electrons. The molecular formula is C9H11ClN6. The Labute approximate surface area is 97.7 Å². The second-order valence-corrected chi connectivity index (χ2v) is 3.64. The summed E-state index contributed by atoms with van der Waals surface area (Å²) >= 11 is 5.89. The molecule has 0 aliphatic rings. The van der Waals surface area contributed by atoms with Crippen molar-refractivity contribution in [2.45, 2.75) is 6.42 Å². The maximum atomic E-state index is 5.89. The third-order valence-electron chi connectivity index (χ3n) is 1.96. The van der Waals surface area contributed by atoms with E-state index in [1.807, 2.05) is 7.05 Å². The molecule has 7 heteroatoms. The smallest absolute Gasteiger partial charge is 0.152 e. The topological polar surface area (TPSA) is 68.5 Å². The van der Waals surface area contributed by atoms with Gasteiger partial charge in [0.1, 0.15) is 23.5 Å². The number of hydrogen-bond acceptors (Lipinski definition) is 5. The van der Waals surface area contributed by atoms with Crippen molar-refractivity contribution in [2.75, 3.05) is 11.9 Å². The normalized spacial score (nSPS) is 10.4. The highest BCUT2D eigenvalue weighted by Gasteiger charge is 2.02. The van der Waals surface area contributed by atoms with Crippen LogP contribution in [0.2, 0.25) is 5.02 Å². The summed E-state index contributed by atoms with van der Waals surface area (Å²) in [5, 5.41) is 7.77. The number of halogens is 1. The number of rotatable bonds is 4. The van der Waals surface area contributed by atoms with E-state index in [0.717, 1.165) is 12.2 Å². The summed E-state index contributed by atoms with van der Waals surface area (Å²) in [5.41, 5.74) is 0. The summed E-state index contributed by atoms with van der Waals surface area (Å²) in [7, 11) is 1.84.